The van der Waals surface area contributed by atoms with Crippen LogP contribution >= 0.6 is 0 Å². The molecule has 2 amide bonds. The number of benzene rings is 1. The first-order valence-electron chi connectivity index (χ1n) is 6.84. The van der Waals surface area contributed by atoms with Crippen LogP contribution in [0, 0.1) is 0 Å². The number of amides is 2. The third-order valence-electron chi connectivity index (χ3n) is 2.78. The van der Waals surface area contributed by atoms with Crippen LogP contribution in [-0.4, -0.2) is 32.1 Å². The molecular weight excluding hydrogens is 256 g/mol. The van der Waals surface area contributed by atoms with E-state index in [1.54, 1.807) is 31.4 Å². The Kier molecular flexibility index (Phi) is 7.35. The second-order valence-electron chi connectivity index (χ2n) is 4.48. The minimum atomic E-state index is -0.147. The molecule has 0 unspecified atom stereocenters. The third-order valence-corrected chi connectivity index (χ3v) is 2.78. The van der Waals surface area contributed by atoms with Crippen LogP contribution in [0.15, 0.2) is 24.3 Å². The summed E-state index contributed by atoms with van der Waals surface area (Å²) in [5.74, 6) is -0.143. The van der Waals surface area contributed by atoms with Gasteiger partial charge in [-0.3, -0.25) is 9.59 Å². The molecule has 0 heterocycles. The Morgan fingerprint density at radius 3 is 2.50 bits per heavy atom. The largest absolute Gasteiger partial charge is 0.383 e. The van der Waals surface area contributed by atoms with Gasteiger partial charge in [-0.1, -0.05) is 13.3 Å². The van der Waals surface area contributed by atoms with Crippen molar-refractivity contribution in [2.24, 2.45) is 0 Å². The number of hydrogen-bond acceptors (Lipinski definition) is 3. The third kappa shape index (κ3) is 5.84. The molecule has 110 valence electrons. The second kappa shape index (κ2) is 9.09. The summed E-state index contributed by atoms with van der Waals surface area (Å²) >= 11 is 0. The fourth-order valence-electron chi connectivity index (χ4n) is 1.63. The summed E-state index contributed by atoms with van der Waals surface area (Å²) in [6.45, 7) is 3.01. The Morgan fingerprint density at radius 1 is 1.20 bits per heavy atom. The zero-order chi connectivity index (χ0) is 14.8. The molecule has 1 aromatic carbocycles. The summed E-state index contributed by atoms with van der Waals surface area (Å²) < 4.78 is 4.86. The Labute approximate surface area is 119 Å². The molecule has 2 N–H and O–H groups in total. The van der Waals surface area contributed by atoms with E-state index in [1.807, 2.05) is 6.92 Å². The summed E-state index contributed by atoms with van der Waals surface area (Å²) in [5.41, 5.74) is 1.27. The van der Waals surface area contributed by atoms with Gasteiger partial charge in [0.05, 0.1) is 6.61 Å². The van der Waals surface area contributed by atoms with Crippen LogP contribution in [0.1, 0.15) is 36.5 Å². The van der Waals surface area contributed by atoms with E-state index in [0.29, 0.717) is 30.8 Å². The van der Waals surface area contributed by atoms with E-state index in [-0.39, 0.29) is 11.8 Å². The van der Waals surface area contributed by atoms with Crippen molar-refractivity contribution in [1.82, 2.24) is 5.32 Å². The first kappa shape index (κ1) is 16.2. The van der Waals surface area contributed by atoms with Crippen LogP contribution in [0.2, 0.25) is 0 Å². The van der Waals surface area contributed by atoms with Crippen molar-refractivity contribution in [3.05, 3.63) is 29.8 Å². The average molecular weight is 278 g/mol. The molecule has 0 aliphatic carbocycles. The highest BCUT2D eigenvalue weighted by Gasteiger charge is 2.06. The first-order chi connectivity index (χ1) is 9.67. The van der Waals surface area contributed by atoms with Gasteiger partial charge in [0.15, 0.2) is 0 Å². The van der Waals surface area contributed by atoms with Crippen molar-refractivity contribution in [2.75, 3.05) is 25.6 Å². The minimum absolute atomic E-state index is 0.00384. The molecule has 0 saturated heterocycles. The first-order valence-corrected chi connectivity index (χ1v) is 6.84. The topological polar surface area (TPSA) is 67.4 Å². The number of hydrogen-bond donors (Lipinski definition) is 2. The molecule has 0 aromatic heterocycles. The van der Waals surface area contributed by atoms with Crippen molar-refractivity contribution < 1.29 is 14.3 Å². The molecule has 1 aromatic rings. The molecule has 1 rings (SSSR count). The monoisotopic (exact) mass is 278 g/mol. The van der Waals surface area contributed by atoms with Gasteiger partial charge in [-0.25, -0.2) is 0 Å². The molecule has 0 aliphatic rings. The predicted octanol–water partition coefficient (Wildman–Crippen LogP) is 2.19. The zero-order valence-corrected chi connectivity index (χ0v) is 12.1. The van der Waals surface area contributed by atoms with Crippen molar-refractivity contribution in [3.8, 4) is 0 Å². The van der Waals surface area contributed by atoms with E-state index < -0.39 is 0 Å². The number of carbonyl (C=O) groups excluding carboxylic acids is 2. The fourth-order valence-corrected chi connectivity index (χ4v) is 1.63. The maximum absolute atomic E-state index is 11.7. The molecule has 20 heavy (non-hydrogen) atoms. The van der Waals surface area contributed by atoms with Crippen LogP contribution in [0.5, 0.6) is 0 Å². The highest BCUT2D eigenvalue weighted by molar-refractivity contribution is 5.95. The Bertz CT molecular complexity index is 429. The SMILES string of the molecule is CCCCC(=O)Nc1ccc(C(=O)NCCOC)cc1. The lowest BCUT2D eigenvalue weighted by atomic mass is 10.2. The molecule has 5 heteroatoms. The van der Waals surface area contributed by atoms with E-state index in [9.17, 15) is 9.59 Å². The van der Waals surface area contributed by atoms with Crippen molar-refractivity contribution in [2.45, 2.75) is 26.2 Å². The van der Waals surface area contributed by atoms with Gasteiger partial charge in [-0.2, -0.15) is 0 Å². The van der Waals surface area contributed by atoms with Crippen molar-refractivity contribution >= 4 is 17.5 Å². The number of nitrogens with one attached hydrogen (secondary N) is 2. The molecule has 0 aliphatic heterocycles. The van der Waals surface area contributed by atoms with E-state index in [1.165, 1.54) is 0 Å². The standard InChI is InChI=1S/C15H22N2O3/c1-3-4-5-14(18)17-13-8-6-12(7-9-13)15(19)16-10-11-20-2/h6-9H,3-5,10-11H2,1-2H3,(H,16,19)(H,17,18). The van der Waals surface area contributed by atoms with Gasteiger partial charge >= 0.3 is 0 Å². The molecule has 0 spiro atoms. The molecule has 0 bridgehead atoms. The fraction of sp³-hybridized carbons (Fsp3) is 0.467. The van der Waals surface area contributed by atoms with Gasteiger partial charge in [-0.15, -0.1) is 0 Å². The van der Waals surface area contributed by atoms with Gasteiger partial charge in [0, 0.05) is 31.3 Å². The van der Waals surface area contributed by atoms with E-state index >= 15 is 0 Å². The van der Waals surface area contributed by atoms with E-state index in [0.717, 1.165) is 12.8 Å². The minimum Gasteiger partial charge on any atom is -0.383 e. The van der Waals surface area contributed by atoms with Crippen molar-refractivity contribution in [1.29, 1.82) is 0 Å². The zero-order valence-electron chi connectivity index (χ0n) is 12.1. The number of rotatable bonds is 8. The molecule has 0 atom stereocenters. The quantitative estimate of drug-likeness (QED) is 0.716. The average Bonchev–Trinajstić information content (AvgIpc) is 2.46. The molecule has 0 fully saturated rings. The summed E-state index contributed by atoms with van der Waals surface area (Å²) in [4.78, 5) is 23.3. The van der Waals surface area contributed by atoms with Gasteiger partial charge < -0.3 is 15.4 Å². The van der Waals surface area contributed by atoms with Crippen LogP contribution < -0.4 is 10.6 Å². The smallest absolute Gasteiger partial charge is 0.251 e. The number of ether oxygens (including phenoxy) is 1. The number of unbranched alkanes of at least 4 members (excludes halogenated alkanes) is 1. The number of carbonyl (C=O) groups is 2. The molecular formula is C15H22N2O3. The molecule has 0 saturated carbocycles. The van der Waals surface area contributed by atoms with Crippen LogP contribution in [-0.2, 0) is 9.53 Å². The lowest BCUT2D eigenvalue weighted by Gasteiger charge is -2.07. The van der Waals surface area contributed by atoms with Crippen LogP contribution in [0.4, 0.5) is 5.69 Å². The maximum atomic E-state index is 11.7. The lowest BCUT2D eigenvalue weighted by Crippen LogP contribution is -2.26. The van der Waals surface area contributed by atoms with Crippen LogP contribution in [0.25, 0.3) is 0 Å². The van der Waals surface area contributed by atoms with Gasteiger partial charge in [0.25, 0.3) is 5.91 Å². The van der Waals surface area contributed by atoms with E-state index in [2.05, 4.69) is 10.6 Å². The highest BCUT2D eigenvalue weighted by atomic mass is 16.5. The Balaban J connectivity index is 2.47. The normalized spacial score (nSPS) is 10.1. The van der Waals surface area contributed by atoms with Crippen molar-refractivity contribution in [3.63, 3.8) is 0 Å². The predicted molar refractivity (Wildman–Crippen MR) is 78.8 cm³/mol. The summed E-state index contributed by atoms with van der Waals surface area (Å²) in [6.07, 6.45) is 2.40. The van der Waals surface area contributed by atoms with Gasteiger partial charge in [-0.05, 0) is 30.7 Å². The Morgan fingerprint density at radius 2 is 1.90 bits per heavy atom. The lowest BCUT2D eigenvalue weighted by molar-refractivity contribution is -0.116. The second-order valence-corrected chi connectivity index (χ2v) is 4.48. The molecule has 5 nitrogen and oxygen atoms in total. The molecule has 0 radical (unpaired) electrons. The van der Waals surface area contributed by atoms with Crippen LogP contribution in [0.3, 0.4) is 0 Å². The maximum Gasteiger partial charge on any atom is 0.251 e. The summed E-state index contributed by atoms with van der Waals surface area (Å²) in [7, 11) is 1.59. The highest BCUT2D eigenvalue weighted by Crippen LogP contribution is 2.10. The van der Waals surface area contributed by atoms with Gasteiger partial charge in [0.1, 0.15) is 0 Å². The van der Waals surface area contributed by atoms with Gasteiger partial charge in [0.2, 0.25) is 5.91 Å². The summed E-state index contributed by atoms with van der Waals surface area (Å²) in [5, 5.41) is 5.54. The number of anilines is 1. The summed E-state index contributed by atoms with van der Waals surface area (Å²) in [6, 6.07) is 6.85. The van der Waals surface area contributed by atoms with E-state index in [4.69, 9.17) is 4.74 Å². The number of methoxy groups -OCH3 is 1. The Hall–Kier alpha value is -1.88.